The Bertz CT molecular complexity index is 875. The number of rotatable bonds is 6. The number of benzene rings is 2. The van der Waals surface area contributed by atoms with Gasteiger partial charge in [0.15, 0.2) is 17.6 Å². The molecule has 0 bridgehead atoms. The Morgan fingerprint density at radius 2 is 1.81 bits per heavy atom. The number of ether oxygens (including phenoxy) is 3. The summed E-state index contributed by atoms with van der Waals surface area (Å²) in [6.07, 6.45) is -1.26. The summed E-state index contributed by atoms with van der Waals surface area (Å²) >= 11 is 6.03. The summed E-state index contributed by atoms with van der Waals surface area (Å²) in [5.74, 6) is -2.92. The largest absolute Gasteiger partial charge is 0.493 e. The van der Waals surface area contributed by atoms with Gasteiger partial charge in [0.25, 0.3) is 5.91 Å². The number of methoxy groups -OCH3 is 2. The smallest absolute Gasteiger partial charge is 0.339 e. The summed E-state index contributed by atoms with van der Waals surface area (Å²) < 4.78 is 41.7. The first kappa shape index (κ1) is 20.4. The summed E-state index contributed by atoms with van der Waals surface area (Å²) in [6.45, 7) is 1.30. The first-order chi connectivity index (χ1) is 12.8. The van der Waals surface area contributed by atoms with Gasteiger partial charge in [-0.2, -0.15) is 0 Å². The SMILES string of the molecule is COc1cc(C(=O)O[C@@H](C)C(=O)Nc2ccc(F)cc2F)cc(Cl)c1OC. The van der Waals surface area contributed by atoms with E-state index in [0.717, 1.165) is 12.1 Å². The van der Waals surface area contributed by atoms with Gasteiger partial charge >= 0.3 is 5.97 Å². The normalized spacial score (nSPS) is 11.5. The average Bonchev–Trinajstić information content (AvgIpc) is 2.62. The second kappa shape index (κ2) is 8.68. The van der Waals surface area contributed by atoms with Gasteiger partial charge in [-0.15, -0.1) is 0 Å². The number of nitrogens with one attached hydrogen (secondary N) is 1. The van der Waals surface area contributed by atoms with Crippen LogP contribution >= 0.6 is 11.6 Å². The first-order valence-corrected chi connectivity index (χ1v) is 8.03. The highest BCUT2D eigenvalue weighted by atomic mass is 35.5. The topological polar surface area (TPSA) is 73.9 Å². The van der Waals surface area contributed by atoms with Crippen LogP contribution in [0.15, 0.2) is 30.3 Å². The fraction of sp³-hybridized carbons (Fsp3) is 0.222. The lowest BCUT2D eigenvalue weighted by Crippen LogP contribution is -2.30. The zero-order valence-electron chi connectivity index (χ0n) is 14.6. The zero-order valence-corrected chi connectivity index (χ0v) is 15.4. The molecule has 144 valence electrons. The van der Waals surface area contributed by atoms with Crippen LogP contribution in [0.4, 0.5) is 14.5 Å². The molecule has 0 aliphatic heterocycles. The van der Waals surface area contributed by atoms with E-state index in [4.69, 9.17) is 25.8 Å². The molecule has 1 atom stereocenters. The summed E-state index contributed by atoms with van der Waals surface area (Å²) in [5.41, 5.74) is -0.205. The standard InChI is InChI=1S/C18H16ClF2NO5/c1-9(17(23)22-14-5-4-11(20)8-13(14)21)27-18(24)10-6-12(19)16(26-3)15(7-10)25-2/h4-9H,1-3H3,(H,22,23)/t9-/m0/s1. The number of hydrogen-bond donors (Lipinski definition) is 1. The van der Waals surface area contributed by atoms with Crippen molar-refractivity contribution >= 4 is 29.2 Å². The quantitative estimate of drug-likeness (QED) is 0.747. The predicted molar refractivity (Wildman–Crippen MR) is 94.4 cm³/mol. The number of carbonyl (C=O) groups is 2. The molecule has 6 nitrogen and oxygen atoms in total. The molecule has 0 radical (unpaired) electrons. The Kier molecular flexibility index (Phi) is 6.57. The van der Waals surface area contributed by atoms with Crippen LogP contribution < -0.4 is 14.8 Å². The minimum atomic E-state index is -1.26. The number of anilines is 1. The van der Waals surface area contributed by atoms with Gasteiger partial charge in [0.2, 0.25) is 0 Å². The molecule has 2 aromatic rings. The Labute approximate surface area is 159 Å². The van der Waals surface area contributed by atoms with Gasteiger partial charge in [-0.25, -0.2) is 13.6 Å². The molecular weight excluding hydrogens is 384 g/mol. The highest BCUT2D eigenvalue weighted by Crippen LogP contribution is 2.36. The van der Waals surface area contributed by atoms with Crippen molar-refractivity contribution in [2.75, 3.05) is 19.5 Å². The number of esters is 1. The lowest BCUT2D eigenvalue weighted by Gasteiger charge is -2.15. The molecule has 2 aromatic carbocycles. The van der Waals surface area contributed by atoms with Gasteiger partial charge in [0.05, 0.1) is 30.5 Å². The maximum absolute atomic E-state index is 13.6. The molecular formula is C18H16ClF2NO5. The molecule has 2 rings (SSSR count). The first-order valence-electron chi connectivity index (χ1n) is 7.65. The van der Waals surface area contributed by atoms with Gasteiger partial charge < -0.3 is 19.5 Å². The zero-order chi connectivity index (χ0) is 20.1. The van der Waals surface area contributed by atoms with Gasteiger partial charge in [-0.3, -0.25) is 4.79 Å². The molecule has 0 aromatic heterocycles. The van der Waals surface area contributed by atoms with Crippen molar-refractivity contribution in [3.05, 3.63) is 52.6 Å². The lowest BCUT2D eigenvalue weighted by molar-refractivity contribution is -0.123. The third kappa shape index (κ3) is 4.85. The molecule has 1 amide bonds. The fourth-order valence-corrected chi connectivity index (χ4v) is 2.43. The van der Waals surface area contributed by atoms with Crippen LogP contribution in [0.5, 0.6) is 11.5 Å². The van der Waals surface area contributed by atoms with Crippen molar-refractivity contribution < 1.29 is 32.6 Å². The maximum Gasteiger partial charge on any atom is 0.339 e. The van der Waals surface area contributed by atoms with Crippen molar-refractivity contribution in [1.29, 1.82) is 0 Å². The van der Waals surface area contributed by atoms with E-state index >= 15 is 0 Å². The van der Waals surface area contributed by atoms with E-state index in [2.05, 4.69) is 5.32 Å². The van der Waals surface area contributed by atoms with Gasteiger partial charge in [0, 0.05) is 6.07 Å². The van der Waals surface area contributed by atoms with Crippen molar-refractivity contribution in [2.24, 2.45) is 0 Å². The van der Waals surface area contributed by atoms with Crippen LogP contribution in [-0.4, -0.2) is 32.2 Å². The molecule has 1 N–H and O–H groups in total. The van der Waals surface area contributed by atoms with E-state index in [9.17, 15) is 18.4 Å². The maximum atomic E-state index is 13.6. The van der Waals surface area contributed by atoms with E-state index in [1.165, 1.54) is 33.3 Å². The van der Waals surface area contributed by atoms with Crippen LogP contribution in [0, 0.1) is 11.6 Å². The van der Waals surface area contributed by atoms with E-state index in [1.807, 2.05) is 0 Å². The van der Waals surface area contributed by atoms with Gasteiger partial charge in [-0.1, -0.05) is 11.6 Å². The summed E-state index contributed by atoms with van der Waals surface area (Å²) in [7, 11) is 2.76. The third-order valence-corrected chi connectivity index (χ3v) is 3.79. The average molecular weight is 400 g/mol. The summed E-state index contributed by atoms with van der Waals surface area (Å²) in [5, 5.41) is 2.34. The van der Waals surface area contributed by atoms with E-state index in [1.54, 1.807) is 0 Å². The predicted octanol–water partition coefficient (Wildman–Crippen LogP) is 3.82. The Morgan fingerprint density at radius 1 is 1.11 bits per heavy atom. The van der Waals surface area contributed by atoms with Crippen LogP contribution in [-0.2, 0) is 9.53 Å². The molecule has 0 aliphatic rings. The van der Waals surface area contributed by atoms with Crippen molar-refractivity contribution in [3.63, 3.8) is 0 Å². The molecule has 0 unspecified atom stereocenters. The number of amides is 1. The summed E-state index contributed by atoms with van der Waals surface area (Å²) in [6, 6.07) is 5.32. The highest BCUT2D eigenvalue weighted by molar-refractivity contribution is 6.32. The Morgan fingerprint density at radius 3 is 2.41 bits per heavy atom. The molecule has 27 heavy (non-hydrogen) atoms. The van der Waals surface area contributed by atoms with Gasteiger partial charge in [0.1, 0.15) is 11.6 Å². The lowest BCUT2D eigenvalue weighted by atomic mass is 10.2. The Balaban J connectivity index is 2.10. The second-order valence-corrected chi connectivity index (χ2v) is 5.76. The van der Waals surface area contributed by atoms with Crippen molar-refractivity contribution in [2.45, 2.75) is 13.0 Å². The Hall–Kier alpha value is -2.87. The van der Waals surface area contributed by atoms with Crippen LogP contribution in [0.1, 0.15) is 17.3 Å². The molecule has 0 heterocycles. The second-order valence-electron chi connectivity index (χ2n) is 5.35. The minimum absolute atomic E-state index is 0.0327. The van der Waals surface area contributed by atoms with Crippen LogP contribution in [0.25, 0.3) is 0 Å². The molecule has 0 spiro atoms. The number of carbonyl (C=O) groups excluding carboxylic acids is 2. The minimum Gasteiger partial charge on any atom is -0.493 e. The molecule has 0 fully saturated rings. The molecule has 0 saturated heterocycles. The van der Waals surface area contributed by atoms with E-state index in [0.29, 0.717) is 6.07 Å². The number of hydrogen-bond acceptors (Lipinski definition) is 5. The third-order valence-electron chi connectivity index (χ3n) is 3.51. The number of halogens is 3. The van der Waals surface area contributed by atoms with Crippen molar-refractivity contribution in [3.8, 4) is 11.5 Å². The highest BCUT2D eigenvalue weighted by Gasteiger charge is 2.22. The fourth-order valence-electron chi connectivity index (χ4n) is 2.14. The van der Waals surface area contributed by atoms with Gasteiger partial charge in [-0.05, 0) is 31.2 Å². The van der Waals surface area contributed by atoms with Crippen LogP contribution in [0.2, 0.25) is 5.02 Å². The van der Waals surface area contributed by atoms with E-state index in [-0.39, 0.29) is 27.8 Å². The van der Waals surface area contributed by atoms with Crippen LogP contribution in [0.3, 0.4) is 0 Å². The molecule has 9 heteroatoms. The monoisotopic (exact) mass is 399 g/mol. The molecule has 0 aliphatic carbocycles. The van der Waals surface area contributed by atoms with Crippen molar-refractivity contribution in [1.82, 2.24) is 0 Å². The molecule has 0 saturated carbocycles. The summed E-state index contributed by atoms with van der Waals surface area (Å²) in [4.78, 5) is 24.4. The van der Waals surface area contributed by atoms with E-state index < -0.39 is 29.6 Å².